The van der Waals surface area contributed by atoms with Gasteiger partial charge in [-0.1, -0.05) is 42.5 Å². The predicted octanol–water partition coefficient (Wildman–Crippen LogP) is 2.07. The summed E-state index contributed by atoms with van der Waals surface area (Å²) in [5.41, 5.74) is 0.899. The number of fused-ring (bicyclic) bond motifs is 1. The van der Waals surface area contributed by atoms with Gasteiger partial charge in [-0.2, -0.15) is 0 Å². The van der Waals surface area contributed by atoms with Crippen molar-refractivity contribution >= 4 is 11.8 Å². The van der Waals surface area contributed by atoms with Crippen molar-refractivity contribution in [2.24, 2.45) is 0 Å². The fraction of sp³-hybridized carbons (Fsp3) is 0.308. The van der Waals surface area contributed by atoms with Crippen LogP contribution in [0.2, 0.25) is 0 Å². The molecule has 0 aliphatic carbocycles. The number of aromatic nitrogens is 2. The molecule has 1 aliphatic rings. The molecule has 2 amide bonds. The third-order valence-corrected chi connectivity index (χ3v) is 6.01. The molecule has 188 valence electrons. The highest BCUT2D eigenvalue weighted by Crippen LogP contribution is 2.26. The van der Waals surface area contributed by atoms with Crippen molar-refractivity contribution < 1.29 is 23.8 Å². The minimum Gasteiger partial charge on any atom is -0.502 e. The number of nitrogens with zero attached hydrogens (tertiary/aromatic N) is 3. The summed E-state index contributed by atoms with van der Waals surface area (Å²) in [7, 11) is 0. The Labute approximate surface area is 207 Å². The van der Waals surface area contributed by atoms with Crippen LogP contribution in [0.3, 0.4) is 0 Å². The van der Waals surface area contributed by atoms with Gasteiger partial charge in [0.25, 0.3) is 5.56 Å². The number of nitrogens with one attached hydrogen (secondary N) is 1. The summed E-state index contributed by atoms with van der Waals surface area (Å²) in [4.78, 5) is 43.8. The number of carbonyl (C=O) groups is 2. The van der Waals surface area contributed by atoms with Gasteiger partial charge in [0.15, 0.2) is 0 Å². The first-order valence-corrected chi connectivity index (χ1v) is 11.6. The Hall–Kier alpha value is -4.05. The molecule has 4 rings (SSSR count). The van der Waals surface area contributed by atoms with Gasteiger partial charge in [0, 0.05) is 26.6 Å². The summed E-state index contributed by atoms with van der Waals surface area (Å²) in [6.07, 6.45) is -0.340. The van der Waals surface area contributed by atoms with E-state index in [9.17, 15) is 23.9 Å². The molecule has 2 heterocycles. The Morgan fingerprint density at radius 3 is 2.53 bits per heavy atom. The summed E-state index contributed by atoms with van der Waals surface area (Å²) in [5, 5.41) is 13.1. The highest BCUT2D eigenvalue weighted by molar-refractivity contribution is 5.78. The van der Waals surface area contributed by atoms with Gasteiger partial charge in [-0.15, -0.1) is 0 Å². The van der Waals surface area contributed by atoms with Crippen molar-refractivity contribution in [3.63, 3.8) is 0 Å². The summed E-state index contributed by atoms with van der Waals surface area (Å²) in [6.45, 7) is 2.41. The van der Waals surface area contributed by atoms with Gasteiger partial charge in [-0.05, 0) is 23.3 Å². The van der Waals surface area contributed by atoms with Crippen molar-refractivity contribution in [3.8, 4) is 5.75 Å². The van der Waals surface area contributed by atoms with E-state index >= 15 is 0 Å². The van der Waals surface area contributed by atoms with Crippen LogP contribution in [0.15, 0.2) is 59.4 Å². The molecule has 0 saturated carbocycles. The molecule has 0 saturated heterocycles. The Kier molecular flexibility index (Phi) is 7.74. The molecule has 1 atom stereocenters. The number of benzene rings is 2. The highest BCUT2D eigenvalue weighted by Gasteiger charge is 2.33. The maximum atomic E-state index is 13.1. The van der Waals surface area contributed by atoms with Crippen LogP contribution in [0.5, 0.6) is 5.75 Å². The van der Waals surface area contributed by atoms with Crippen LogP contribution < -0.4 is 10.9 Å². The number of hydrogen-bond acceptors (Lipinski definition) is 6. The van der Waals surface area contributed by atoms with Crippen molar-refractivity contribution in [1.82, 2.24) is 19.8 Å². The smallest absolute Gasteiger partial charge is 0.296 e. The second-order valence-electron chi connectivity index (χ2n) is 8.53. The molecule has 0 fully saturated rings. The summed E-state index contributed by atoms with van der Waals surface area (Å²) in [5.74, 6) is -1.39. The highest BCUT2D eigenvalue weighted by atomic mass is 19.1. The van der Waals surface area contributed by atoms with E-state index in [4.69, 9.17) is 4.74 Å². The van der Waals surface area contributed by atoms with Gasteiger partial charge in [-0.3, -0.25) is 19.0 Å². The normalized spacial score (nSPS) is 14.8. The molecule has 0 radical (unpaired) electrons. The Morgan fingerprint density at radius 1 is 1.11 bits per heavy atom. The van der Waals surface area contributed by atoms with Crippen LogP contribution in [0, 0.1) is 5.82 Å². The lowest BCUT2D eigenvalue weighted by Crippen LogP contribution is -2.47. The van der Waals surface area contributed by atoms with E-state index in [1.807, 2.05) is 30.3 Å². The first kappa shape index (κ1) is 25.1. The van der Waals surface area contributed by atoms with Crippen molar-refractivity contribution in [3.05, 3.63) is 93.4 Å². The Balaban J connectivity index is 1.53. The second kappa shape index (κ2) is 11.1. The van der Waals surface area contributed by atoms with Gasteiger partial charge < -0.3 is 20.1 Å². The zero-order valence-corrected chi connectivity index (χ0v) is 19.8. The molecule has 1 unspecified atom stereocenters. The SMILES string of the molecule is CC(=O)N1CCn2c(nc(CC(=O)NCc3ccc(F)cc3)c(O)c2=O)C1COCc1ccccc1. The molecule has 36 heavy (non-hydrogen) atoms. The number of aromatic hydroxyl groups is 1. The van der Waals surface area contributed by atoms with Crippen LogP contribution >= 0.6 is 0 Å². The Morgan fingerprint density at radius 2 is 1.83 bits per heavy atom. The van der Waals surface area contributed by atoms with E-state index in [0.29, 0.717) is 12.2 Å². The molecular weight excluding hydrogens is 467 g/mol. The molecule has 2 aromatic carbocycles. The van der Waals surface area contributed by atoms with Crippen LogP contribution in [0.1, 0.15) is 35.6 Å². The third kappa shape index (κ3) is 5.77. The van der Waals surface area contributed by atoms with Crippen LogP contribution in [0.4, 0.5) is 4.39 Å². The number of halogens is 1. The van der Waals surface area contributed by atoms with Gasteiger partial charge in [-0.25, -0.2) is 9.37 Å². The molecular formula is C26H27FN4O5. The zero-order valence-electron chi connectivity index (χ0n) is 19.8. The number of amides is 2. The topological polar surface area (TPSA) is 114 Å². The van der Waals surface area contributed by atoms with E-state index in [1.165, 1.54) is 23.6 Å². The predicted molar refractivity (Wildman–Crippen MR) is 128 cm³/mol. The third-order valence-electron chi connectivity index (χ3n) is 6.01. The van der Waals surface area contributed by atoms with Crippen LogP contribution in [-0.2, 0) is 40.4 Å². The summed E-state index contributed by atoms with van der Waals surface area (Å²) in [6, 6.07) is 14.6. The summed E-state index contributed by atoms with van der Waals surface area (Å²) >= 11 is 0. The van der Waals surface area contributed by atoms with Gasteiger partial charge >= 0.3 is 0 Å². The molecule has 9 nitrogen and oxygen atoms in total. The maximum absolute atomic E-state index is 13.1. The van der Waals surface area contributed by atoms with Gasteiger partial charge in [0.05, 0.1) is 25.3 Å². The average Bonchev–Trinajstić information content (AvgIpc) is 2.87. The first-order chi connectivity index (χ1) is 17.3. The average molecular weight is 495 g/mol. The van der Waals surface area contributed by atoms with E-state index < -0.39 is 23.3 Å². The molecule has 1 aliphatic heterocycles. The first-order valence-electron chi connectivity index (χ1n) is 11.6. The number of hydrogen-bond donors (Lipinski definition) is 2. The lowest BCUT2D eigenvalue weighted by Gasteiger charge is -2.36. The van der Waals surface area contributed by atoms with Gasteiger partial charge in [0.2, 0.25) is 17.6 Å². The molecule has 0 bridgehead atoms. The lowest BCUT2D eigenvalue weighted by atomic mass is 10.1. The van der Waals surface area contributed by atoms with E-state index in [0.717, 1.165) is 5.56 Å². The molecule has 2 N–H and O–H groups in total. The largest absolute Gasteiger partial charge is 0.502 e. The standard InChI is InChI=1S/C26H27FN4O5/c1-17(32)30-11-12-31-25(22(30)16-36-15-19-5-3-2-4-6-19)29-21(24(34)26(31)35)13-23(33)28-14-18-7-9-20(27)10-8-18/h2-10,22,34H,11-16H2,1H3,(H,28,33). The van der Waals surface area contributed by atoms with Crippen molar-refractivity contribution in [1.29, 1.82) is 0 Å². The zero-order chi connectivity index (χ0) is 25.7. The minimum absolute atomic E-state index is 0.0821. The Bertz CT molecular complexity index is 1290. The van der Waals surface area contributed by atoms with Gasteiger partial charge in [0.1, 0.15) is 17.7 Å². The fourth-order valence-corrected chi connectivity index (χ4v) is 4.13. The van der Waals surface area contributed by atoms with Crippen LogP contribution in [0.25, 0.3) is 0 Å². The van der Waals surface area contributed by atoms with Crippen molar-refractivity contribution in [2.45, 2.75) is 39.1 Å². The van der Waals surface area contributed by atoms with Crippen LogP contribution in [-0.4, -0.2) is 44.5 Å². The van der Waals surface area contributed by atoms with E-state index in [-0.39, 0.29) is 55.9 Å². The molecule has 10 heteroatoms. The molecule has 1 aromatic heterocycles. The maximum Gasteiger partial charge on any atom is 0.296 e. The van der Waals surface area contributed by atoms with E-state index in [2.05, 4.69) is 10.3 Å². The number of ether oxygens (including phenoxy) is 1. The van der Waals surface area contributed by atoms with E-state index in [1.54, 1.807) is 17.0 Å². The molecule has 0 spiro atoms. The quantitative estimate of drug-likeness (QED) is 0.496. The number of rotatable bonds is 8. The second-order valence-corrected chi connectivity index (χ2v) is 8.53. The minimum atomic E-state index is -0.669. The number of carbonyl (C=O) groups excluding carboxylic acids is 2. The van der Waals surface area contributed by atoms with Crippen molar-refractivity contribution in [2.75, 3.05) is 13.2 Å². The lowest BCUT2D eigenvalue weighted by molar-refractivity contribution is -0.134. The fourth-order valence-electron chi connectivity index (χ4n) is 4.13. The summed E-state index contributed by atoms with van der Waals surface area (Å²) < 4.78 is 20.3. The monoisotopic (exact) mass is 494 g/mol. The molecule has 3 aromatic rings.